The molecule has 3 rings (SSSR count). The van der Waals surface area contributed by atoms with Crippen molar-refractivity contribution in [2.45, 2.75) is 39.9 Å². The molecule has 1 fully saturated rings. The summed E-state index contributed by atoms with van der Waals surface area (Å²) in [4.78, 5) is 2.58. The van der Waals surface area contributed by atoms with Crippen molar-refractivity contribution in [3.8, 4) is 0 Å². The van der Waals surface area contributed by atoms with E-state index in [1.54, 1.807) is 0 Å². The van der Waals surface area contributed by atoms with Crippen molar-refractivity contribution in [2.24, 2.45) is 0 Å². The van der Waals surface area contributed by atoms with Crippen molar-refractivity contribution >= 4 is 11.8 Å². The fourth-order valence-corrected chi connectivity index (χ4v) is 4.56. The van der Waals surface area contributed by atoms with E-state index in [1.165, 1.54) is 28.1 Å². The van der Waals surface area contributed by atoms with E-state index in [0.29, 0.717) is 12.6 Å². The van der Waals surface area contributed by atoms with E-state index in [9.17, 15) is 5.11 Å². The predicted octanol–water partition coefficient (Wildman–Crippen LogP) is 3.09. The highest BCUT2D eigenvalue weighted by atomic mass is 32.2. The second kappa shape index (κ2) is 7.72. The normalized spacial score (nSPS) is 18.9. The molecule has 130 valence electrons. The van der Waals surface area contributed by atoms with E-state index >= 15 is 0 Å². The van der Waals surface area contributed by atoms with Crippen LogP contribution in [-0.4, -0.2) is 44.4 Å². The lowest BCUT2D eigenvalue weighted by Crippen LogP contribution is -2.36. The van der Waals surface area contributed by atoms with Gasteiger partial charge in [0.25, 0.3) is 0 Å². The van der Waals surface area contributed by atoms with Crippen molar-refractivity contribution in [3.63, 3.8) is 0 Å². The Morgan fingerprint density at radius 2 is 1.96 bits per heavy atom. The van der Waals surface area contributed by atoms with Gasteiger partial charge in [-0.25, -0.2) is 0 Å². The molecule has 0 saturated carbocycles. The molecule has 1 aliphatic heterocycles. The van der Waals surface area contributed by atoms with Crippen LogP contribution in [0.15, 0.2) is 24.3 Å². The van der Waals surface area contributed by atoms with Gasteiger partial charge < -0.3 is 5.11 Å². The molecular weight excluding hydrogens is 318 g/mol. The minimum atomic E-state index is 0.133. The van der Waals surface area contributed by atoms with E-state index < -0.39 is 0 Å². The summed E-state index contributed by atoms with van der Waals surface area (Å²) in [5.41, 5.74) is 6.30. The van der Waals surface area contributed by atoms with Gasteiger partial charge in [0.15, 0.2) is 0 Å². The van der Waals surface area contributed by atoms with Gasteiger partial charge in [0.1, 0.15) is 0 Å². The maximum Gasteiger partial charge on any atom is 0.0644 e. The smallest absolute Gasteiger partial charge is 0.0644 e. The lowest BCUT2D eigenvalue weighted by atomic mass is 10.0. The SMILES string of the molecule is Cc1ccc(C2CSCCN2Cc2c(C)nn(CCO)c2C)cc1. The molecule has 2 aromatic rings. The number of benzene rings is 1. The van der Waals surface area contributed by atoms with Crippen molar-refractivity contribution in [2.75, 3.05) is 24.7 Å². The molecule has 1 aromatic carbocycles. The first-order chi connectivity index (χ1) is 11.6. The second-order valence-corrected chi connectivity index (χ2v) is 7.72. The van der Waals surface area contributed by atoms with Gasteiger partial charge in [-0.3, -0.25) is 9.58 Å². The molecule has 2 heterocycles. The zero-order valence-electron chi connectivity index (χ0n) is 14.8. The molecule has 24 heavy (non-hydrogen) atoms. The quantitative estimate of drug-likeness (QED) is 0.904. The Morgan fingerprint density at radius 3 is 2.67 bits per heavy atom. The number of thioether (sulfide) groups is 1. The molecule has 1 aliphatic rings. The highest BCUT2D eigenvalue weighted by molar-refractivity contribution is 7.99. The van der Waals surface area contributed by atoms with Crippen LogP contribution in [0, 0.1) is 20.8 Å². The number of aryl methyl sites for hydroxylation is 2. The maximum absolute atomic E-state index is 9.20. The standard InChI is InChI=1S/C19H27N3OS/c1-14-4-6-17(7-5-14)19-13-24-11-9-21(19)12-18-15(2)20-22(8-10-23)16(18)3/h4-7,19,23H,8-13H2,1-3H3. The third kappa shape index (κ3) is 3.68. The molecule has 1 N–H and O–H groups in total. The Morgan fingerprint density at radius 1 is 1.21 bits per heavy atom. The Bertz CT molecular complexity index is 681. The van der Waals surface area contributed by atoms with Crippen LogP contribution in [0.1, 0.15) is 34.1 Å². The van der Waals surface area contributed by atoms with Crippen LogP contribution in [0.3, 0.4) is 0 Å². The highest BCUT2D eigenvalue weighted by Crippen LogP contribution is 2.32. The summed E-state index contributed by atoms with van der Waals surface area (Å²) in [6.45, 7) is 9.08. The first-order valence-electron chi connectivity index (χ1n) is 8.62. The molecule has 1 unspecified atom stereocenters. The molecule has 0 amide bonds. The summed E-state index contributed by atoms with van der Waals surface area (Å²) in [5, 5.41) is 13.8. The van der Waals surface area contributed by atoms with Crippen LogP contribution in [0.4, 0.5) is 0 Å². The third-order valence-corrected chi connectivity index (χ3v) is 5.93. The number of aliphatic hydroxyl groups excluding tert-OH is 1. The number of aliphatic hydroxyl groups is 1. The molecule has 4 nitrogen and oxygen atoms in total. The fourth-order valence-electron chi connectivity index (χ4n) is 3.40. The number of nitrogens with zero attached hydrogens (tertiary/aromatic N) is 3. The third-order valence-electron chi connectivity index (χ3n) is 4.91. The second-order valence-electron chi connectivity index (χ2n) is 6.57. The topological polar surface area (TPSA) is 41.3 Å². The Hall–Kier alpha value is -1.30. The van der Waals surface area contributed by atoms with Gasteiger partial charge in [-0.05, 0) is 26.3 Å². The molecule has 1 saturated heterocycles. The van der Waals surface area contributed by atoms with Gasteiger partial charge in [-0.1, -0.05) is 29.8 Å². The van der Waals surface area contributed by atoms with E-state index in [0.717, 1.165) is 24.5 Å². The molecule has 0 aliphatic carbocycles. The van der Waals surface area contributed by atoms with E-state index in [1.807, 2.05) is 16.4 Å². The van der Waals surface area contributed by atoms with Gasteiger partial charge >= 0.3 is 0 Å². The van der Waals surface area contributed by atoms with Crippen molar-refractivity contribution in [1.29, 1.82) is 0 Å². The van der Waals surface area contributed by atoms with Crippen molar-refractivity contribution < 1.29 is 5.11 Å². The minimum absolute atomic E-state index is 0.133. The number of hydrogen-bond donors (Lipinski definition) is 1. The summed E-state index contributed by atoms with van der Waals surface area (Å²) in [7, 11) is 0. The van der Waals surface area contributed by atoms with Gasteiger partial charge in [0, 0.05) is 41.9 Å². The Balaban J connectivity index is 1.83. The lowest BCUT2D eigenvalue weighted by molar-refractivity contribution is 0.211. The number of rotatable bonds is 5. The minimum Gasteiger partial charge on any atom is -0.394 e. The van der Waals surface area contributed by atoms with Crippen LogP contribution in [0.5, 0.6) is 0 Å². The molecule has 1 aromatic heterocycles. The van der Waals surface area contributed by atoms with Crippen molar-refractivity contribution in [3.05, 3.63) is 52.3 Å². The highest BCUT2D eigenvalue weighted by Gasteiger charge is 2.26. The number of aromatic nitrogens is 2. The Kier molecular flexibility index (Phi) is 5.64. The van der Waals surface area contributed by atoms with Crippen LogP contribution in [0.2, 0.25) is 0 Å². The molecule has 5 heteroatoms. The molecule has 0 radical (unpaired) electrons. The lowest BCUT2D eigenvalue weighted by Gasteiger charge is -2.36. The fraction of sp³-hybridized carbons (Fsp3) is 0.526. The summed E-state index contributed by atoms with van der Waals surface area (Å²) in [5.74, 6) is 2.33. The summed E-state index contributed by atoms with van der Waals surface area (Å²) < 4.78 is 1.93. The first-order valence-corrected chi connectivity index (χ1v) is 9.77. The average Bonchev–Trinajstić information content (AvgIpc) is 2.84. The van der Waals surface area contributed by atoms with Crippen LogP contribution >= 0.6 is 11.8 Å². The average molecular weight is 346 g/mol. The monoisotopic (exact) mass is 345 g/mol. The van der Waals surface area contributed by atoms with Crippen LogP contribution in [0.25, 0.3) is 0 Å². The summed E-state index contributed by atoms with van der Waals surface area (Å²) in [6.07, 6.45) is 0. The van der Waals surface area contributed by atoms with Crippen LogP contribution < -0.4 is 0 Å². The molecular formula is C19H27N3OS. The maximum atomic E-state index is 9.20. The van der Waals surface area contributed by atoms with Gasteiger partial charge in [0.05, 0.1) is 18.8 Å². The Labute approximate surface area is 148 Å². The van der Waals surface area contributed by atoms with Gasteiger partial charge in [-0.2, -0.15) is 16.9 Å². The molecule has 0 bridgehead atoms. The first kappa shape index (κ1) is 17.5. The summed E-state index contributed by atoms with van der Waals surface area (Å²) >= 11 is 2.04. The largest absolute Gasteiger partial charge is 0.394 e. The van der Waals surface area contributed by atoms with E-state index in [2.05, 4.69) is 55.0 Å². The summed E-state index contributed by atoms with van der Waals surface area (Å²) in [6, 6.07) is 9.43. The zero-order chi connectivity index (χ0) is 17.1. The molecule has 1 atom stereocenters. The van der Waals surface area contributed by atoms with Gasteiger partial charge in [0.2, 0.25) is 0 Å². The van der Waals surface area contributed by atoms with Gasteiger partial charge in [-0.15, -0.1) is 0 Å². The molecule has 0 spiro atoms. The van der Waals surface area contributed by atoms with Crippen LogP contribution in [-0.2, 0) is 13.1 Å². The van der Waals surface area contributed by atoms with E-state index in [4.69, 9.17) is 0 Å². The zero-order valence-corrected chi connectivity index (χ0v) is 15.6. The predicted molar refractivity (Wildman–Crippen MR) is 100 cm³/mol. The van der Waals surface area contributed by atoms with Crippen molar-refractivity contribution in [1.82, 2.24) is 14.7 Å². The number of hydrogen-bond acceptors (Lipinski definition) is 4. The van der Waals surface area contributed by atoms with E-state index in [-0.39, 0.29) is 6.61 Å².